The summed E-state index contributed by atoms with van der Waals surface area (Å²) in [5.74, 6) is 0. The van der Waals surface area contributed by atoms with Gasteiger partial charge < -0.3 is 0 Å². The van der Waals surface area contributed by atoms with Gasteiger partial charge in [0.2, 0.25) is 0 Å². The molecular formula is C5H12OS7. The highest BCUT2D eigenvalue weighted by Crippen LogP contribution is 2.53. The van der Waals surface area contributed by atoms with Crippen LogP contribution in [-0.2, 0) is 4.18 Å². The number of hydrogen-bond donors (Lipinski definition) is 1. The van der Waals surface area contributed by atoms with Gasteiger partial charge in [-0.05, 0) is 39.9 Å². The van der Waals surface area contributed by atoms with Crippen LogP contribution in [-0.4, -0.2) is 5.60 Å². The van der Waals surface area contributed by atoms with E-state index in [1.165, 1.54) is 20.9 Å². The maximum atomic E-state index is 5.57. The van der Waals surface area contributed by atoms with Crippen molar-refractivity contribution in [2.24, 2.45) is 0 Å². The smallest absolute Gasteiger partial charge is 0.0781 e. The largest absolute Gasteiger partial charge is 0.298 e. The molecule has 0 aromatic heterocycles. The maximum absolute atomic E-state index is 5.57. The molecule has 0 aromatic carbocycles. The predicted octanol–water partition coefficient (Wildman–Crippen LogP) is 5.93. The van der Waals surface area contributed by atoms with Crippen molar-refractivity contribution in [3.63, 3.8) is 0 Å². The first-order valence-corrected chi connectivity index (χ1v) is 11.9. The van der Waals surface area contributed by atoms with Crippen LogP contribution in [0.15, 0.2) is 0 Å². The standard InChI is InChI=1S/C5H12OS7/c1-4-5(2,3)6-8-10-12-13-11-9-7/h7H,4H2,1-3H3. The van der Waals surface area contributed by atoms with Crippen LogP contribution in [0.1, 0.15) is 27.2 Å². The Balaban J connectivity index is 3.16. The lowest BCUT2D eigenvalue weighted by atomic mass is 10.1. The molecule has 0 heterocycles. The van der Waals surface area contributed by atoms with E-state index in [0.29, 0.717) is 0 Å². The van der Waals surface area contributed by atoms with E-state index >= 15 is 0 Å². The van der Waals surface area contributed by atoms with Crippen molar-refractivity contribution in [2.45, 2.75) is 32.8 Å². The fraction of sp³-hybridized carbons (Fsp3) is 1.00. The Kier molecular flexibility index (Phi) is 11.4. The first-order valence-electron chi connectivity index (χ1n) is 3.45. The lowest BCUT2D eigenvalue weighted by molar-refractivity contribution is 0.139. The summed E-state index contributed by atoms with van der Waals surface area (Å²) in [6.45, 7) is 6.31. The topological polar surface area (TPSA) is 9.23 Å². The van der Waals surface area contributed by atoms with Crippen molar-refractivity contribution < 1.29 is 4.18 Å². The van der Waals surface area contributed by atoms with Crippen molar-refractivity contribution in [2.75, 3.05) is 0 Å². The van der Waals surface area contributed by atoms with Gasteiger partial charge in [0.1, 0.15) is 0 Å². The van der Waals surface area contributed by atoms with E-state index in [2.05, 4.69) is 32.4 Å². The molecule has 0 saturated carbocycles. The van der Waals surface area contributed by atoms with Gasteiger partial charge in [0, 0.05) is 29.5 Å². The highest BCUT2D eigenvalue weighted by molar-refractivity contribution is 9.45. The average molecular weight is 313 g/mol. The summed E-state index contributed by atoms with van der Waals surface area (Å²) in [6, 6.07) is 0. The molecule has 0 aliphatic rings. The van der Waals surface area contributed by atoms with E-state index in [1.807, 2.05) is 0 Å². The molecule has 13 heavy (non-hydrogen) atoms. The third-order valence-electron chi connectivity index (χ3n) is 1.25. The Bertz CT molecular complexity index is 119. The van der Waals surface area contributed by atoms with Gasteiger partial charge in [0.05, 0.1) is 16.7 Å². The van der Waals surface area contributed by atoms with Gasteiger partial charge in [0.15, 0.2) is 0 Å². The second-order valence-corrected chi connectivity index (χ2v) is 12.3. The minimum absolute atomic E-state index is 0.0195. The molecule has 0 unspecified atom stereocenters. The summed E-state index contributed by atoms with van der Waals surface area (Å²) in [4.78, 5) is 0. The number of thiol groups is 1. The Labute approximate surface area is 108 Å². The highest BCUT2D eigenvalue weighted by Gasteiger charge is 2.16. The van der Waals surface area contributed by atoms with Gasteiger partial charge in [0.25, 0.3) is 0 Å². The van der Waals surface area contributed by atoms with Gasteiger partial charge in [-0.3, -0.25) is 4.18 Å². The SMILES string of the molecule is CCC(C)(C)OSSSSSSS. The first kappa shape index (κ1) is 15.4. The lowest BCUT2D eigenvalue weighted by Crippen LogP contribution is -2.18. The van der Waals surface area contributed by atoms with Gasteiger partial charge in [-0.25, -0.2) is 0 Å². The van der Waals surface area contributed by atoms with Crippen molar-refractivity contribution in [3.8, 4) is 0 Å². The van der Waals surface area contributed by atoms with Gasteiger partial charge in [-0.2, -0.15) is 0 Å². The minimum Gasteiger partial charge on any atom is -0.298 e. The van der Waals surface area contributed by atoms with Crippen molar-refractivity contribution in [1.29, 1.82) is 0 Å². The van der Waals surface area contributed by atoms with E-state index in [0.717, 1.165) is 6.42 Å². The number of hydrogen-bond acceptors (Lipinski definition) is 8. The molecule has 0 saturated heterocycles. The first-order chi connectivity index (χ1) is 6.12. The van der Waals surface area contributed by atoms with Gasteiger partial charge in [-0.15, -0.1) is 0 Å². The molecule has 1 nitrogen and oxygen atoms in total. The monoisotopic (exact) mass is 312 g/mol. The predicted molar refractivity (Wildman–Crippen MR) is 80.0 cm³/mol. The molecule has 0 aliphatic carbocycles. The molecule has 0 atom stereocenters. The zero-order valence-electron chi connectivity index (χ0n) is 7.51. The quantitative estimate of drug-likeness (QED) is 0.254. The van der Waals surface area contributed by atoms with E-state index in [9.17, 15) is 0 Å². The maximum Gasteiger partial charge on any atom is 0.0781 e. The Morgan fingerprint density at radius 2 is 1.77 bits per heavy atom. The summed E-state index contributed by atoms with van der Waals surface area (Å²) >= 11 is 5.45. The average Bonchev–Trinajstić information content (AvgIpc) is 2.11. The molecule has 0 aliphatic heterocycles. The zero-order chi connectivity index (χ0) is 10.2. The van der Waals surface area contributed by atoms with Crippen LogP contribution in [0.4, 0.5) is 0 Å². The van der Waals surface area contributed by atoms with E-state index in [-0.39, 0.29) is 5.60 Å². The van der Waals surface area contributed by atoms with Gasteiger partial charge in [-0.1, -0.05) is 18.6 Å². The second-order valence-electron chi connectivity index (χ2n) is 2.61. The summed E-state index contributed by atoms with van der Waals surface area (Å²) < 4.78 is 5.57. The molecule has 0 bridgehead atoms. The molecule has 0 radical (unpaired) electrons. The van der Waals surface area contributed by atoms with Crippen LogP contribution in [0.3, 0.4) is 0 Å². The van der Waals surface area contributed by atoms with Crippen LogP contribution in [0.5, 0.6) is 0 Å². The summed E-state index contributed by atoms with van der Waals surface area (Å²) in [5.41, 5.74) is -0.0195. The molecule has 0 rings (SSSR count). The molecule has 0 spiro atoms. The molecule has 8 heteroatoms. The normalized spacial score (nSPS) is 12.0. The van der Waals surface area contributed by atoms with Gasteiger partial charge >= 0.3 is 0 Å². The molecule has 80 valence electrons. The Hall–Kier alpha value is 2.41. The minimum atomic E-state index is -0.0195. The third-order valence-corrected chi connectivity index (χ3v) is 11.8. The van der Waals surface area contributed by atoms with Crippen LogP contribution in [0, 0.1) is 0 Å². The number of rotatable bonds is 8. The summed E-state index contributed by atoms with van der Waals surface area (Å²) in [5, 5.41) is 0. The van der Waals surface area contributed by atoms with Crippen LogP contribution >= 0.6 is 71.9 Å². The van der Waals surface area contributed by atoms with E-state index < -0.39 is 0 Å². The molecule has 0 fully saturated rings. The lowest BCUT2D eigenvalue weighted by Gasteiger charge is -2.20. The highest BCUT2D eigenvalue weighted by atomic mass is 33.9. The van der Waals surface area contributed by atoms with E-state index in [4.69, 9.17) is 4.18 Å². The Morgan fingerprint density at radius 1 is 1.15 bits per heavy atom. The summed E-state index contributed by atoms with van der Waals surface area (Å²) in [7, 11) is 8.13. The summed E-state index contributed by atoms with van der Waals surface area (Å²) in [6.07, 6.45) is 1.03. The van der Waals surface area contributed by atoms with Crippen LogP contribution in [0.2, 0.25) is 0 Å². The molecule has 0 N–H and O–H groups in total. The second kappa shape index (κ2) is 9.62. The van der Waals surface area contributed by atoms with Crippen LogP contribution < -0.4 is 0 Å². The van der Waals surface area contributed by atoms with E-state index in [1.54, 1.807) is 39.3 Å². The molecular weight excluding hydrogens is 301 g/mol. The fourth-order valence-corrected chi connectivity index (χ4v) is 10.8. The van der Waals surface area contributed by atoms with Crippen molar-refractivity contribution >= 4 is 71.9 Å². The van der Waals surface area contributed by atoms with Crippen molar-refractivity contribution in [3.05, 3.63) is 0 Å². The third kappa shape index (κ3) is 10.7. The van der Waals surface area contributed by atoms with Crippen LogP contribution in [0.25, 0.3) is 0 Å². The molecule has 0 amide bonds. The Morgan fingerprint density at radius 3 is 2.31 bits per heavy atom. The molecule has 0 aromatic rings. The zero-order valence-corrected chi connectivity index (χ0v) is 13.3. The fourth-order valence-electron chi connectivity index (χ4n) is 0.211. The van der Waals surface area contributed by atoms with Crippen molar-refractivity contribution in [1.82, 2.24) is 0 Å².